The third-order valence-electron chi connectivity index (χ3n) is 7.82. The number of hydrogen-bond acceptors (Lipinski definition) is 30. The number of anilines is 10. The van der Waals surface area contributed by atoms with E-state index >= 15 is 0 Å². The molecule has 5 heterocycles. The van der Waals surface area contributed by atoms with Crippen molar-refractivity contribution in [2.24, 2.45) is 0 Å². The maximum atomic E-state index is 5.69. The molecule has 64 heavy (non-hydrogen) atoms. The van der Waals surface area contributed by atoms with Crippen LogP contribution in [0.2, 0.25) is 0 Å². The molecule has 0 unspecified atom stereocenters. The van der Waals surface area contributed by atoms with Gasteiger partial charge in [0, 0.05) is 54.6 Å². The van der Waals surface area contributed by atoms with Gasteiger partial charge in [0.15, 0.2) is 13.6 Å². The first-order chi connectivity index (χ1) is 31.6. The number of aromatic nitrogens is 12. The number of fused-ring (bicyclic) bond motifs is 6. The molecular weight excluding hydrogens is 849 g/mol. The lowest BCUT2D eigenvalue weighted by Gasteiger charge is -2.15. The van der Waals surface area contributed by atoms with Gasteiger partial charge in [-0.1, -0.05) is 0 Å². The second-order valence-corrected chi connectivity index (χ2v) is 12.5. The molecule has 32 nitrogen and oxygen atoms in total. The SMILES string of the molecule is COCNc1nc2nc(n1)NCOCOCN[n+]1c(ncnc1NCOC)NCCCNc1ncnc(NCOC)[n+]1NCOCOCNc1nc(nc(NCOC)n1)NCCCN2. The zero-order valence-electron chi connectivity index (χ0n) is 36.1. The van der Waals surface area contributed by atoms with Crippen molar-refractivity contribution in [1.29, 1.82) is 0 Å². The van der Waals surface area contributed by atoms with Crippen molar-refractivity contribution in [3.05, 3.63) is 12.7 Å². The van der Waals surface area contributed by atoms with Crippen LogP contribution < -0.4 is 73.4 Å². The first-order valence-electron chi connectivity index (χ1n) is 19.8. The minimum Gasteiger partial charge on any atom is -0.364 e. The van der Waals surface area contributed by atoms with Crippen LogP contribution in [-0.2, 0) is 37.9 Å². The standard InChI is InChI=1S/C32H56N24O8/c1-57-13-41-25-49-23-33-7-5-8-34-24-50-26(42-14-58-2)54-28(52-24)44-18-62-22-64-20-48-56-30(38-12-40-32(56)46-16-60-4)36-10-6-9-35-29-37-11-39-31(45-15-59-3)55(29)47-19-63-21-61-17-43-27(51-23)53-25/h11-12,47-48H,5-10,13-22H2,1-4H3,(H8,33,34,35,36,37,38,39,40,41,42,43,44,45,46,49,50,51,52,53,54)/p+2. The van der Waals surface area contributed by atoms with E-state index in [0.29, 0.717) is 86.6 Å². The highest BCUT2D eigenvalue weighted by Gasteiger charge is 2.18. The van der Waals surface area contributed by atoms with Crippen LogP contribution in [0.1, 0.15) is 12.8 Å². The molecule has 12 N–H and O–H groups in total. The van der Waals surface area contributed by atoms with Gasteiger partial charge < -0.3 is 80.4 Å². The van der Waals surface area contributed by atoms with Gasteiger partial charge in [0.25, 0.3) is 0 Å². The summed E-state index contributed by atoms with van der Waals surface area (Å²) in [6.07, 6.45) is 4.14. The molecule has 1 aliphatic rings. The number of nitrogens with one attached hydrogen (secondary N) is 12. The van der Waals surface area contributed by atoms with Crippen molar-refractivity contribution in [2.45, 2.75) is 12.8 Å². The Bertz CT molecular complexity index is 1800. The summed E-state index contributed by atoms with van der Waals surface area (Å²) in [6, 6.07) is 0. The maximum Gasteiger partial charge on any atom is 0.346 e. The van der Waals surface area contributed by atoms with Crippen molar-refractivity contribution in [3.63, 3.8) is 0 Å². The molecule has 0 spiro atoms. The number of hydrogen-bond donors (Lipinski definition) is 12. The normalized spacial score (nSPS) is 15.1. The largest absolute Gasteiger partial charge is 0.364 e. The first-order valence-corrected chi connectivity index (χ1v) is 19.8. The van der Waals surface area contributed by atoms with E-state index in [0.717, 1.165) is 0 Å². The molecule has 0 atom stereocenters. The molecule has 0 aromatic carbocycles. The van der Waals surface area contributed by atoms with Crippen molar-refractivity contribution in [3.8, 4) is 0 Å². The Kier molecular flexibility index (Phi) is 21.8. The van der Waals surface area contributed by atoms with E-state index < -0.39 is 0 Å². The minimum atomic E-state index is -0.0787. The van der Waals surface area contributed by atoms with Gasteiger partial charge in [0.1, 0.15) is 53.8 Å². The summed E-state index contributed by atoms with van der Waals surface area (Å²) in [7, 11) is 6.24. The molecular formula is C32H58N24O8+2. The zero-order valence-corrected chi connectivity index (χ0v) is 36.1. The van der Waals surface area contributed by atoms with Gasteiger partial charge in [0.05, 0.1) is 0 Å². The van der Waals surface area contributed by atoms with Crippen LogP contribution in [0.4, 0.5) is 59.5 Å². The smallest absolute Gasteiger partial charge is 0.346 e. The first kappa shape index (κ1) is 48.4. The molecule has 0 amide bonds. The van der Waals surface area contributed by atoms with Crippen molar-refractivity contribution >= 4 is 59.5 Å². The quantitative estimate of drug-likeness (QED) is 0.0518. The molecule has 0 saturated heterocycles. The van der Waals surface area contributed by atoms with Gasteiger partial charge in [-0.3, -0.25) is 21.5 Å². The van der Waals surface area contributed by atoms with Gasteiger partial charge >= 0.3 is 23.8 Å². The summed E-state index contributed by atoms with van der Waals surface area (Å²) < 4.78 is 46.5. The molecule has 0 saturated carbocycles. The summed E-state index contributed by atoms with van der Waals surface area (Å²) in [5.41, 5.74) is 6.27. The molecule has 4 aromatic rings. The van der Waals surface area contributed by atoms with Gasteiger partial charge in [-0.25, -0.2) is 0 Å². The van der Waals surface area contributed by atoms with E-state index in [1.165, 1.54) is 12.7 Å². The predicted molar refractivity (Wildman–Crippen MR) is 229 cm³/mol. The van der Waals surface area contributed by atoms with Crippen LogP contribution in [0.15, 0.2) is 12.7 Å². The van der Waals surface area contributed by atoms with Crippen molar-refractivity contribution in [2.75, 3.05) is 186 Å². The van der Waals surface area contributed by atoms with E-state index in [1.54, 1.807) is 37.8 Å². The highest BCUT2D eigenvalue weighted by atomic mass is 16.7. The topological polar surface area (TPSA) is 355 Å². The lowest BCUT2D eigenvalue weighted by molar-refractivity contribution is -0.630. The Hall–Kier alpha value is -6.68. The molecule has 32 heteroatoms. The van der Waals surface area contributed by atoms with Crippen LogP contribution in [0.3, 0.4) is 0 Å². The molecule has 4 bridgehead atoms. The van der Waals surface area contributed by atoms with E-state index in [-0.39, 0.29) is 79.3 Å². The highest BCUT2D eigenvalue weighted by molar-refractivity contribution is 5.43. The summed E-state index contributed by atoms with van der Waals surface area (Å²) in [4.78, 5) is 44.0. The van der Waals surface area contributed by atoms with E-state index in [9.17, 15) is 0 Å². The van der Waals surface area contributed by atoms with Crippen LogP contribution in [0.5, 0.6) is 0 Å². The van der Waals surface area contributed by atoms with Gasteiger partial charge in [0.2, 0.25) is 48.3 Å². The Morgan fingerprint density at radius 2 is 0.844 bits per heavy atom. The summed E-state index contributed by atoms with van der Waals surface area (Å²) in [5, 5.41) is 31.2. The van der Waals surface area contributed by atoms with Crippen molar-refractivity contribution in [1.82, 2.24) is 49.8 Å². The molecule has 5 rings (SSSR count). The third kappa shape index (κ3) is 17.2. The Morgan fingerprint density at radius 3 is 1.27 bits per heavy atom. The number of rotatable bonds is 12. The number of methoxy groups -OCH3 is 4. The van der Waals surface area contributed by atoms with E-state index in [2.05, 4.69) is 114 Å². The number of nitrogens with zero attached hydrogens (tertiary/aromatic N) is 12. The van der Waals surface area contributed by atoms with Gasteiger partial charge in [-0.15, -0.1) is 29.3 Å². The van der Waals surface area contributed by atoms with Crippen LogP contribution >= 0.6 is 0 Å². The van der Waals surface area contributed by atoms with E-state index in [1.807, 2.05) is 0 Å². The second kappa shape index (κ2) is 28.8. The Morgan fingerprint density at radius 1 is 0.469 bits per heavy atom. The minimum absolute atomic E-state index is 0.0279. The summed E-state index contributed by atoms with van der Waals surface area (Å²) in [6.45, 7) is 2.74. The van der Waals surface area contributed by atoms with Gasteiger partial charge in [-0.05, 0) is 12.8 Å². The lowest BCUT2D eigenvalue weighted by Crippen LogP contribution is -2.52. The Labute approximate surface area is 367 Å². The monoisotopic (exact) mass is 906 g/mol. The van der Waals surface area contributed by atoms with Crippen LogP contribution in [0.25, 0.3) is 0 Å². The van der Waals surface area contributed by atoms with Gasteiger partial charge in [-0.2, -0.15) is 29.9 Å². The molecule has 0 aliphatic carbocycles. The fourth-order valence-corrected chi connectivity index (χ4v) is 4.99. The van der Waals surface area contributed by atoms with Crippen molar-refractivity contribution < 1.29 is 47.2 Å². The average Bonchev–Trinajstić information content (AvgIpc) is 3.31. The predicted octanol–water partition coefficient (Wildman–Crippen LogP) is -2.46. The lowest BCUT2D eigenvalue weighted by atomic mass is 10.4. The zero-order chi connectivity index (χ0) is 44.9. The summed E-state index contributed by atoms with van der Waals surface area (Å²) >= 11 is 0. The Balaban J connectivity index is 1.26. The molecule has 0 radical (unpaired) electrons. The third-order valence-corrected chi connectivity index (χ3v) is 7.82. The maximum absolute atomic E-state index is 5.69. The van der Waals surface area contributed by atoms with Crippen LogP contribution in [0, 0.1) is 0 Å². The second-order valence-electron chi connectivity index (χ2n) is 12.5. The fourth-order valence-electron chi connectivity index (χ4n) is 4.99. The number of ether oxygens (including phenoxy) is 8. The highest BCUT2D eigenvalue weighted by Crippen LogP contribution is 2.12. The van der Waals surface area contributed by atoms with Crippen LogP contribution in [-0.4, -0.2) is 172 Å². The van der Waals surface area contributed by atoms with E-state index in [4.69, 9.17) is 37.9 Å². The summed E-state index contributed by atoms with van der Waals surface area (Å²) in [5.74, 6) is 3.55. The molecule has 352 valence electrons. The average molecular weight is 907 g/mol. The fraction of sp³-hybridized carbons (Fsp3) is 0.625. The molecule has 1 aliphatic heterocycles. The molecule has 0 fully saturated rings. The molecule has 4 aromatic heterocycles.